The summed E-state index contributed by atoms with van der Waals surface area (Å²) in [6.07, 6.45) is 12.8. The number of allylic oxidation sites excluding steroid dienone is 4. The van der Waals surface area contributed by atoms with Crippen molar-refractivity contribution in [2.45, 2.75) is 142 Å². The fourth-order valence-electron chi connectivity index (χ4n) is 4.89. The zero-order valence-corrected chi connectivity index (χ0v) is 35.1. The van der Waals surface area contributed by atoms with Gasteiger partial charge < -0.3 is 10.6 Å². The lowest BCUT2D eigenvalue weighted by atomic mass is 9.89. The van der Waals surface area contributed by atoms with E-state index in [9.17, 15) is 0 Å². The van der Waals surface area contributed by atoms with Crippen LogP contribution < -0.4 is 21.1 Å². The van der Waals surface area contributed by atoms with Crippen molar-refractivity contribution in [2.24, 2.45) is 0 Å². The molecule has 1 fully saturated rings. The summed E-state index contributed by atoms with van der Waals surface area (Å²) >= 11 is 0. The van der Waals surface area contributed by atoms with E-state index in [4.69, 9.17) is 6.42 Å². The third kappa shape index (κ3) is 21.2. The van der Waals surface area contributed by atoms with Crippen LogP contribution in [0.25, 0.3) is 23.3 Å². The predicted octanol–water partition coefficient (Wildman–Crippen LogP) is 12.5. The third-order valence-corrected chi connectivity index (χ3v) is 7.33. The molecule has 1 heterocycles. The topological polar surface area (TPSA) is 24.1 Å². The van der Waals surface area contributed by atoms with E-state index in [1.54, 1.807) is 16.7 Å². The Hall–Kier alpha value is -3.54. The summed E-state index contributed by atoms with van der Waals surface area (Å²) in [5.74, 6) is 2.43. The second kappa shape index (κ2) is 34.3. The number of nitrogens with one attached hydrogen (secondary N) is 2. The molecule has 1 saturated heterocycles. The van der Waals surface area contributed by atoms with E-state index in [1.807, 2.05) is 76.3 Å². The molecular formula is C47H78N2. The molecule has 0 saturated carbocycles. The van der Waals surface area contributed by atoms with Gasteiger partial charge in [0.1, 0.15) is 0 Å². The Morgan fingerprint density at radius 2 is 1.37 bits per heavy atom. The molecule has 1 atom stereocenters. The minimum absolute atomic E-state index is 0.650. The third-order valence-electron chi connectivity index (χ3n) is 7.33. The van der Waals surface area contributed by atoms with Gasteiger partial charge >= 0.3 is 0 Å². The molecular weight excluding hydrogens is 593 g/mol. The molecule has 2 aliphatic rings. The molecule has 1 aliphatic carbocycles. The molecule has 276 valence electrons. The average Bonchev–Trinajstić information content (AvgIpc) is 3.58. The molecule has 0 radical (unpaired) electrons. The van der Waals surface area contributed by atoms with Crippen LogP contribution in [0, 0.1) is 19.3 Å². The number of terminal acetylenes is 1. The maximum Gasteiger partial charge on any atom is 0.0323 e. The lowest BCUT2D eigenvalue weighted by Gasteiger charge is -2.17. The Labute approximate surface area is 306 Å². The number of benzene rings is 2. The van der Waals surface area contributed by atoms with Gasteiger partial charge in [-0.1, -0.05) is 155 Å². The lowest BCUT2D eigenvalue weighted by Crippen LogP contribution is -2.25. The quantitative estimate of drug-likeness (QED) is 0.309. The molecule has 0 amide bonds. The van der Waals surface area contributed by atoms with Crippen LogP contribution in [0.15, 0.2) is 89.7 Å². The summed E-state index contributed by atoms with van der Waals surface area (Å²) in [6, 6.07) is 15.8. The van der Waals surface area contributed by atoms with Crippen molar-refractivity contribution in [3.8, 4) is 23.5 Å². The highest BCUT2D eigenvalue weighted by molar-refractivity contribution is 5.67. The number of hydrogen-bond acceptors (Lipinski definition) is 2. The molecule has 2 aromatic rings. The minimum atomic E-state index is 0.650. The van der Waals surface area contributed by atoms with Gasteiger partial charge in [0.15, 0.2) is 0 Å². The zero-order valence-electron chi connectivity index (χ0n) is 35.1. The molecule has 2 heteroatoms. The molecule has 2 aromatic carbocycles. The van der Waals surface area contributed by atoms with E-state index in [1.165, 1.54) is 46.7 Å². The maximum atomic E-state index is 4.78. The molecule has 2 N–H and O–H groups in total. The van der Waals surface area contributed by atoms with Crippen LogP contribution in [0.4, 0.5) is 0 Å². The van der Waals surface area contributed by atoms with Crippen molar-refractivity contribution < 1.29 is 0 Å². The Morgan fingerprint density at radius 1 is 0.878 bits per heavy atom. The first-order valence-electron chi connectivity index (χ1n) is 19.0. The Bertz CT molecular complexity index is 1360. The van der Waals surface area contributed by atoms with E-state index in [-0.39, 0.29) is 0 Å². The van der Waals surface area contributed by atoms with Crippen molar-refractivity contribution in [1.82, 2.24) is 10.6 Å². The largest absolute Gasteiger partial charge is 0.392 e. The summed E-state index contributed by atoms with van der Waals surface area (Å²) in [5.41, 5.74) is 12.0. The summed E-state index contributed by atoms with van der Waals surface area (Å²) in [7, 11) is 1.85. The standard InChI is InChI=1S/C20H22.C11H17N.C4H9N.C4H6.4C2H6/c1-6-19(14(2)3)20-12-11-18(13-16(20)5)17-9-7-15(4)8-10-17;1-3-10-11-8(2)5-4-6-9(11)7-12-10;1-4(2)5-3;1-3-4-2;4*1-2/h7-13H,2,5-6H2,1,3-4H3;6,10,12H,3-5,7H2,1-2H3;5H,1H2,2-3H3;1H,4H2,2H3;4*1-2H3/b20-19+;;;;;;;. The van der Waals surface area contributed by atoms with E-state index < -0.39 is 0 Å². The molecule has 0 spiro atoms. The van der Waals surface area contributed by atoms with Crippen molar-refractivity contribution in [2.75, 3.05) is 13.6 Å². The van der Waals surface area contributed by atoms with E-state index in [2.05, 4.69) is 119 Å². The van der Waals surface area contributed by atoms with Gasteiger partial charge in [-0.25, -0.2) is 0 Å². The molecule has 4 rings (SSSR count). The SMILES string of the molecule is C#CCC.C=C(C)/C(CC)=c1\ccc(-c2ccc(C)cc2)cc1=C.C=C(C)NC.CC.CC.CC.CC.CCC1NCC2=CCCC(C)=C21. The average molecular weight is 671 g/mol. The van der Waals surface area contributed by atoms with Gasteiger partial charge in [0, 0.05) is 26.1 Å². The van der Waals surface area contributed by atoms with E-state index in [0.29, 0.717) is 6.04 Å². The smallest absolute Gasteiger partial charge is 0.0323 e. The highest BCUT2D eigenvalue weighted by atomic mass is 14.9. The van der Waals surface area contributed by atoms with E-state index >= 15 is 0 Å². The van der Waals surface area contributed by atoms with Gasteiger partial charge in [-0.15, -0.1) is 12.3 Å². The van der Waals surface area contributed by atoms with Crippen LogP contribution in [-0.2, 0) is 0 Å². The van der Waals surface area contributed by atoms with Gasteiger partial charge in [0.05, 0.1) is 0 Å². The van der Waals surface area contributed by atoms with Crippen LogP contribution >= 0.6 is 0 Å². The van der Waals surface area contributed by atoms with Gasteiger partial charge in [-0.3, -0.25) is 0 Å². The van der Waals surface area contributed by atoms with Crippen molar-refractivity contribution in [1.29, 1.82) is 0 Å². The lowest BCUT2D eigenvalue weighted by molar-refractivity contribution is 0.641. The Kier molecular flexibility index (Phi) is 36.6. The molecule has 1 aliphatic heterocycles. The zero-order chi connectivity index (χ0) is 38.9. The fraction of sp³-hybridized carbons (Fsp3) is 0.489. The monoisotopic (exact) mass is 671 g/mol. The summed E-state index contributed by atoms with van der Waals surface area (Å²) in [5, 5.41) is 8.68. The number of rotatable bonds is 5. The Morgan fingerprint density at radius 3 is 1.76 bits per heavy atom. The van der Waals surface area contributed by atoms with Gasteiger partial charge in [0.2, 0.25) is 0 Å². The van der Waals surface area contributed by atoms with E-state index in [0.717, 1.165) is 35.9 Å². The summed E-state index contributed by atoms with van der Waals surface area (Å²) in [4.78, 5) is 0. The van der Waals surface area contributed by atoms with Crippen LogP contribution in [0.1, 0.15) is 135 Å². The second-order valence-electron chi connectivity index (χ2n) is 10.7. The first kappa shape index (κ1) is 52.3. The molecule has 1 unspecified atom stereocenters. The first-order chi connectivity index (χ1) is 23.5. The van der Waals surface area contributed by atoms with Crippen LogP contribution in [0.5, 0.6) is 0 Å². The number of fused-ring (bicyclic) bond motifs is 1. The number of hydrogen-bond donors (Lipinski definition) is 2. The Balaban J connectivity index is -0.000000297. The fourth-order valence-corrected chi connectivity index (χ4v) is 4.89. The van der Waals surface area contributed by atoms with Gasteiger partial charge in [-0.05, 0) is 103 Å². The number of aryl methyl sites for hydroxylation is 1. The second-order valence-corrected chi connectivity index (χ2v) is 10.7. The van der Waals surface area contributed by atoms with Gasteiger partial charge in [0.25, 0.3) is 0 Å². The van der Waals surface area contributed by atoms with Gasteiger partial charge in [-0.2, -0.15) is 0 Å². The molecule has 49 heavy (non-hydrogen) atoms. The van der Waals surface area contributed by atoms with Crippen molar-refractivity contribution >= 4 is 12.2 Å². The molecule has 2 nitrogen and oxygen atoms in total. The normalized spacial score (nSPS) is 13.6. The molecule has 0 bridgehead atoms. The molecule has 0 aromatic heterocycles. The van der Waals surface area contributed by atoms with Crippen LogP contribution in [0.2, 0.25) is 0 Å². The summed E-state index contributed by atoms with van der Waals surface area (Å²) in [6.45, 7) is 43.7. The highest BCUT2D eigenvalue weighted by Crippen LogP contribution is 2.32. The summed E-state index contributed by atoms with van der Waals surface area (Å²) < 4.78 is 0. The highest BCUT2D eigenvalue weighted by Gasteiger charge is 2.26. The minimum Gasteiger partial charge on any atom is -0.392 e. The van der Waals surface area contributed by atoms with Crippen molar-refractivity contribution in [3.63, 3.8) is 0 Å². The first-order valence-corrected chi connectivity index (χ1v) is 19.0. The van der Waals surface area contributed by atoms with Crippen LogP contribution in [0.3, 0.4) is 0 Å². The van der Waals surface area contributed by atoms with Crippen LogP contribution in [-0.4, -0.2) is 19.6 Å². The van der Waals surface area contributed by atoms with Crippen molar-refractivity contribution in [3.05, 3.63) is 106 Å². The predicted molar refractivity (Wildman–Crippen MR) is 230 cm³/mol. The maximum absolute atomic E-state index is 4.78.